The maximum Gasteiger partial charge on any atom is 0.240 e. The average molecular weight is 268 g/mol. The fourth-order valence-corrected chi connectivity index (χ4v) is 4.11. The smallest absolute Gasteiger partial charge is 0.240 e. The van der Waals surface area contributed by atoms with Crippen molar-refractivity contribution in [3.8, 4) is 6.07 Å². The minimum atomic E-state index is -0.797. The predicted molar refractivity (Wildman–Crippen MR) is 70.2 cm³/mol. The first-order valence-electron chi connectivity index (χ1n) is 6.73. The third-order valence-electron chi connectivity index (χ3n) is 4.08. The van der Waals surface area contributed by atoms with Gasteiger partial charge in [0.1, 0.15) is 5.41 Å². The molecule has 0 aromatic rings. The summed E-state index contributed by atoms with van der Waals surface area (Å²) in [5.41, 5.74) is -0.797. The lowest BCUT2D eigenvalue weighted by molar-refractivity contribution is -0.130. The van der Waals surface area contributed by atoms with Gasteiger partial charge < -0.3 is 5.32 Å². The maximum absolute atomic E-state index is 12.3. The van der Waals surface area contributed by atoms with Crippen LogP contribution >= 0.6 is 0 Å². The van der Waals surface area contributed by atoms with Crippen LogP contribution in [0.1, 0.15) is 44.9 Å². The van der Waals surface area contributed by atoms with Crippen LogP contribution < -0.4 is 5.32 Å². The molecule has 0 spiro atoms. The molecule has 0 bridgehead atoms. The van der Waals surface area contributed by atoms with Crippen molar-refractivity contribution in [1.82, 2.24) is 5.32 Å². The van der Waals surface area contributed by atoms with E-state index in [2.05, 4.69) is 11.4 Å². The number of hydrogen-bond donors (Lipinski definition) is 1. The first-order chi connectivity index (χ1) is 8.66. The lowest BCUT2D eigenvalue weighted by Gasteiger charge is -2.32. The fraction of sp³-hybridized carbons (Fsp3) is 0.846. The Morgan fingerprint density at radius 3 is 2.39 bits per heavy atom. The van der Waals surface area contributed by atoms with Gasteiger partial charge in [0, 0.05) is 28.3 Å². The summed E-state index contributed by atoms with van der Waals surface area (Å²) in [5, 5.41) is 12.3. The summed E-state index contributed by atoms with van der Waals surface area (Å²) in [6.45, 7) is 0. The lowest BCUT2D eigenvalue weighted by Crippen LogP contribution is -2.47. The van der Waals surface area contributed by atoms with Crippen molar-refractivity contribution in [3.63, 3.8) is 0 Å². The van der Waals surface area contributed by atoms with E-state index in [0.717, 1.165) is 32.1 Å². The summed E-state index contributed by atoms with van der Waals surface area (Å²) in [6, 6.07) is 2.36. The molecule has 1 heterocycles. The van der Waals surface area contributed by atoms with Gasteiger partial charge in [-0.3, -0.25) is 9.00 Å². The zero-order valence-corrected chi connectivity index (χ0v) is 11.4. The van der Waals surface area contributed by atoms with E-state index in [1.807, 2.05) is 0 Å². The minimum Gasteiger partial charge on any atom is -0.352 e. The van der Waals surface area contributed by atoms with E-state index in [9.17, 15) is 14.3 Å². The van der Waals surface area contributed by atoms with Gasteiger partial charge in [-0.2, -0.15) is 5.26 Å². The monoisotopic (exact) mass is 268 g/mol. The van der Waals surface area contributed by atoms with Gasteiger partial charge in [-0.1, -0.05) is 19.3 Å². The molecule has 1 amide bonds. The molecule has 2 fully saturated rings. The fourth-order valence-electron chi connectivity index (χ4n) is 2.81. The molecule has 1 aliphatic heterocycles. The van der Waals surface area contributed by atoms with Crippen LogP contribution in [0.25, 0.3) is 0 Å². The van der Waals surface area contributed by atoms with Crippen molar-refractivity contribution in [1.29, 1.82) is 5.26 Å². The van der Waals surface area contributed by atoms with Crippen LogP contribution in [-0.2, 0) is 15.6 Å². The Morgan fingerprint density at radius 2 is 1.83 bits per heavy atom. The molecule has 18 heavy (non-hydrogen) atoms. The molecule has 0 aromatic heterocycles. The van der Waals surface area contributed by atoms with Crippen LogP contribution in [0.5, 0.6) is 0 Å². The number of amides is 1. The van der Waals surface area contributed by atoms with E-state index < -0.39 is 16.2 Å². The van der Waals surface area contributed by atoms with Gasteiger partial charge >= 0.3 is 0 Å². The van der Waals surface area contributed by atoms with E-state index in [4.69, 9.17) is 0 Å². The molecular weight excluding hydrogens is 248 g/mol. The van der Waals surface area contributed by atoms with E-state index in [-0.39, 0.29) is 11.9 Å². The second kappa shape index (κ2) is 5.83. The van der Waals surface area contributed by atoms with E-state index in [0.29, 0.717) is 24.3 Å². The predicted octanol–water partition coefficient (Wildman–Crippen LogP) is 1.49. The van der Waals surface area contributed by atoms with Crippen LogP contribution in [0.2, 0.25) is 0 Å². The van der Waals surface area contributed by atoms with E-state index in [1.54, 1.807) is 0 Å². The molecule has 1 saturated carbocycles. The Kier molecular flexibility index (Phi) is 4.39. The Hall–Kier alpha value is -0.890. The molecule has 4 nitrogen and oxygen atoms in total. The van der Waals surface area contributed by atoms with Crippen LogP contribution in [0, 0.1) is 16.7 Å². The van der Waals surface area contributed by atoms with Crippen LogP contribution in [0.3, 0.4) is 0 Å². The molecule has 0 unspecified atom stereocenters. The highest BCUT2D eigenvalue weighted by Crippen LogP contribution is 2.36. The third-order valence-corrected chi connectivity index (χ3v) is 5.46. The second-order valence-corrected chi connectivity index (χ2v) is 7.05. The Morgan fingerprint density at radius 1 is 1.22 bits per heavy atom. The Balaban J connectivity index is 1.94. The number of nitriles is 1. The summed E-state index contributed by atoms with van der Waals surface area (Å²) >= 11 is 0. The molecule has 1 saturated heterocycles. The van der Waals surface area contributed by atoms with Crippen molar-refractivity contribution in [3.05, 3.63) is 0 Å². The second-order valence-electron chi connectivity index (χ2n) is 5.35. The van der Waals surface area contributed by atoms with Gasteiger partial charge in [0.05, 0.1) is 6.07 Å². The van der Waals surface area contributed by atoms with Gasteiger partial charge in [-0.25, -0.2) is 0 Å². The molecule has 1 N–H and O–H groups in total. The molecule has 2 aliphatic rings. The standard InChI is InChI=1S/C13H20N2O2S/c14-10-13(6-2-1-3-7-13)12(16)15-11-4-8-18(17)9-5-11/h11H,1-9H2,(H,15,16). The number of carbonyl (C=O) groups is 1. The SMILES string of the molecule is N#CC1(C(=O)NC2CCS(=O)CC2)CCCCC1. The van der Waals surface area contributed by atoms with Crippen LogP contribution in [-0.4, -0.2) is 27.7 Å². The Bertz CT molecular complexity index is 373. The lowest BCUT2D eigenvalue weighted by atomic mass is 9.74. The first kappa shape index (κ1) is 13.5. The van der Waals surface area contributed by atoms with Crippen LogP contribution in [0.15, 0.2) is 0 Å². The number of carbonyl (C=O) groups excluding carboxylic acids is 1. The highest BCUT2D eigenvalue weighted by molar-refractivity contribution is 7.85. The number of hydrogen-bond acceptors (Lipinski definition) is 3. The van der Waals surface area contributed by atoms with E-state index >= 15 is 0 Å². The molecule has 5 heteroatoms. The topological polar surface area (TPSA) is 70.0 Å². The van der Waals surface area contributed by atoms with Crippen molar-refractivity contribution in [2.24, 2.45) is 5.41 Å². The molecule has 0 aromatic carbocycles. The number of nitrogens with one attached hydrogen (secondary N) is 1. The van der Waals surface area contributed by atoms with Gasteiger partial charge in [0.15, 0.2) is 0 Å². The van der Waals surface area contributed by atoms with E-state index in [1.165, 1.54) is 0 Å². The van der Waals surface area contributed by atoms with Crippen molar-refractivity contribution < 1.29 is 9.00 Å². The molecule has 1 aliphatic carbocycles. The highest BCUT2D eigenvalue weighted by Gasteiger charge is 2.40. The molecule has 2 rings (SSSR count). The number of nitrogens with zero attached hydrogens (tertiary/aromatic N) is 1. The summed E-state index contributed by atoms with van der Waals surface area (Å²) in [5.74, 6) is 1.25. The largest absolute Gasteiger partial charge is 0.352 e. The van der Waals surface area contributed by atoms with Gasteiger partial charge in [0.2, 0.25) is 5.91 Å². The summed E-state index contributed by atoms with van der Waals surface area (Å²) in [4.78, 5) is 12.3. The average Bonchev–Trinajstić information content (AvgIpc) is 2.42. The maximum atomic E-state index is 12.3. The Labute approximate surface area is 111 Å². The van der Waals surface area contributed by atoms with Crippen LogP contribution in [0.4, 0.5) is 0 Å². The molecule has 100 valence electrons. The quantitative estimate of drug-likeness (QED) is 0.825. The normalized spacial score (nSPS) is 31.3. The summed E-state index contributed by atoms with van der Waals surface area (Å²) in [6.07, 6.45) is 5.99. The zero-order chi connectivity index (χ0) is 13.0. The van der Waals surface area contributed by atoms with Crippen molar-refractivity contribution in [2.75, 3.05) is 11.5 Å². The van der Waals surface area contributed by atoms with Crippen molar-refractivity contribution >= 4 is 16.7 Å². The third kappa shape index (κ3) is 2.92. The highest BCUT2D eigenvalue weighted by atomic mass is 32.2. The van der Waals surface area contributed by atoms with Gasteiger partial charge in [-0.15, -0.1) is 0 Å². The molecular formula is C13H20N2O2S. The van der Waals surface area contributed by atoms with Crippen molar-refractivity contribution in [2.45, 2.75) is 51.0 Å². The number of rotatable bonds is 2. The first-order valence-corrected chi connectivity index (χ1v) is 8.22. The van der Waals surface area contributed by atoms with Gasteiger partial charge in [-0.05, 0) is 25.7 Å². The molecule has 0 atom stereocenters. The molecule has 0 radical (unpaired) electrons. The minimum absolute atomic E-state index is 0.0950. The van der Waals surface area contributed by atoms with Gasteiger partial charge in [0.25, 0.3) is 0 Å². The zero-order valence-electron chi connectivity index (χ0n) is 10.6. The summed E-state index contributed by atoms with van der Waals surface area (Å²) < 4.78 is 11.3. The summed E-state index contributed by atoms with van der Waals surface area (Å²) in [7, 11) is -0.709.